The number of carbonyl (C=O) groups is 2. The number of benzene rings is 1. The van der Waals surface area contributed by atoms with Crippen molar-refractivity contribution in [1.82, 2.24) is 5.32 Å². The summed E-state index contributed by atoms with van der Waals surface area (Å²) in [6.07, 6.45) is 2.66. The highest BCUT2D eigenvalue weighted by Gasteiger charge is 2.37. The predicted molar refractivity (Wildman–Crippen MR) is 76.6 cm³/mol. The van der Waals surface area contributed by atoms with Gasteiger partial charge in [0.2, 0.25) is 0 Å². The van der Waals surface area contributed by atoms with Gasteiger partial charge in [-0.2, -0.15) is 0 Å². The van der Waals surface area contributed by atoms with Crippen LogP contribution in [0.15, 0.2) is 42.1 Å². The quantitative estimate of drug-likeness (QED) is 0.676. The Labute approximate surface area is 118 Å². The molecule has 0 spiro atoms. The van der Waals surface area contributed by atoms with Gasteiger partial charge in [-0.1, -0.05) is 37.8 Å². The number of carbonyl (C=O) groups excluding carboxylic acids is 2. The van der Waals surface area contributed by atoms with E-state index in [1.807, 2.05) is 24.3 Å². The summed E-state index contributed by atoms with van der Waals surface area (Å²) in [6.45, 7) is 5.78. The molecule has 1 atom stereocenters. The molecule has 0 bridgehead atoms. The lowest BCUT2D eigenvalue weighted by Gasteiger charge is -2.08. The molecule has 0 saturated carbocycles. The van der Waals surface area contributed by atoms with E-state index in [1.165, 1.54) is 12.7 Å². The Balaban J connectivity index is 2.36. The van der Waals surface area contributed by atoms with Crippen molar-refractivity contribution in [1.29, 1.82) is 0 Å². The smallest absolute Gasteiger partial charge is 0.319 e. The average molecular weight is 271 g/mol. The van der Waals surface area contributed by atoms with Gasteiger partial charge in [0.15, 0.2) is 0 Å². The summed E-state index contributed by atoms with van der Waals surface area (Å²) in [5.74, 6) is -1.52. The van der Waals surface area contributed by atoms with Crippen molar-refractivity contribution in [2.45, 2.75) is 13.3 Å². The fourth-order valence-electron chi connectivity index (χ4n) is 2.17. The first-order valence-electron chi connectivity index (χ1n) is 6.45. The molecule has 4 nitrogen and oxygen atoms in total. The number of esters is 1. The van der Waals surface area contributed by atoms with E-state index in [0.717, 1.165) is 12.0 Å². The van der Waals surface area contributed by atoms with Crippen LogP contribution in [-0.4, -0.2) is 19.0 Å². The van der Waals surface area contributed by atoms with Crippen LogP contribution in [0.4, 0.5) is 0 Å². The Bertz CT molecular complexity index is 584. The zero-order valence-corrected chi connectivity index (χ0v) is 11.6. The van der Waals surface area contributed by atoms with Crippen molar-refractivity contribution in [2.75, 3.05) is 7.11 Å². The molecule has 1 heterocycles. The van der Waals surface area contributed by atoms with Crippen LogP contribution in [0.1, 0.15) is 18.1 Å². The lowest BCUT2D eigenvalue weighted by Crippen LogP contribution is -2.17. The molecule has 104 valence electrons. The van der Waals surface area contributed by atoms with Crippen LogP contribution >= 0.6 is 0 Å². The first-order valence-corrected chi connectivity index (χ1v) is 6.45. The molecule has 1 aliphatic rings. The summed E-state index contributed by atoms with van der Waals surface area (Å²) < 4.78 is 4.72. The Kier molecular flexibility index (Phi) is 4.03. The SMILES string of the molecule is C=C1NC(=O)/C(=C/c2ccc(CC)cc2)[C@H]1C(=O)OC. The van der Waals surface area contributed by atoms with Gasteiger partial charge in [-0.15, -0.1) is 0 Å². The van der Waals surface area contributed by atoms with Gasteiger partial charge in [0.05, 0.1) is 7.11 Å². The van der Waals surface area contributed by atoms with Gasteiger partial charge in [0.25, 0.3) is 5.91 Å². The highest BCUT2D eigenvalue weighted by atomic mass is 16.5. The minimum Gasteiger partial charge on any atom is -0.468 e. The third-order valence-corrected chi connectivity index (χ3v) is 3.34. The summed E-state index contributed by atoms with van der Waals surface area (Å²) in [4.78, 5) is 23.6. The molecule has 1 saturated heterocycles. The lowest BCUT2D eigenvalue weighted by molar-refractivity contribution is -0.142. The van der Waals surface area contributed by atoms with E-state index in [9.17, 15) is 9.59 Å². The zero-order valence-electron chi connectivity index (χ0n) is 11.6. The molecule has 0 radical (unpaired) electrons. The van der Waals surface area contributed by atoms with E-state index in [1.54, 1.807) is 6.08 Å². The van der Waals surface area contributed by atoms with Gasteiger partial charge in [-0.05, 0) is 23.6 Å². The van der Waals surface area contributed by atoms with Crippen LogP contribution in [0.2, 0.25) is 0 Å². The van der Waals surface area contributed by atoms with Gasteiger partial charge in [0.1, 0.15) is 5.92 Å². The predicted octanol–water partition coefficient (Wildman–Crippen LogP) is 2.07. The number of methoxy groups -OCH3 is 1. The molecule has 20 heavy (non-hydrogen) atoms. The summed E-state index contributed by atoms with van der Waals surface area (Å²) in [5, 5.41) is 2.57. The largest absolute Gasteiger partial charge is 0.468 e. The van der Waals surface area contributed by atoms with Crippen LogP contribution in [0, 0.1) is 5.92 Å². The Morgan fingerprint density at radius 3 is 2.60 bits per heavy atom. The van der Waals surface area contributed by atoms with E-state index >= 15 is 0 Å². The first-order chi connectivity index (χ1) is 9.56. The molecule has 2 rings (SSSR count). The Morgan fingerprint density at radius 1 is 1.40 bits per heavy atom. The summed E-state index contributed by atoms with van der Waals surface area (Å²) in [5.41, 5.74) is 2.82. The third kappa shape index (κ3) is 2.64. The summed E-state index contributed by atoms with van der Waals surface area (Å²) >= 11 is 0. The molecule has 0 aliphatic carbocycles. The molecule has 4 heteroatoms. The van der Waals surface area contributed by atoms with Crippen LogP contribution in [0.5, 0.6) is 0 Å². The lowest BCUT2D eigenvalue weighted by atomic mass is 9.97. The monoisotopic (exact) mass is 271 g/mol. The fourth-order valence-corrected chi connectivity index (χ4v) is 2.17. The second-order valence-corrected chi connectivity index (χ2v) is 4.63. The third-order valence-electron chi connectivity index (χ3n) is 3.34. The van der Waals surface area contributed by atoms with Crippen molar-refractivity contribution in [2.24, 2.45) is 5.92 Å². The van der Waals surface area contributed by atoms with Crippen LogP contribution in [0.3, 0.4) is 0 Å². The fraction of sp³-hybridized carbons (Fsp3) is 0.250. The molecule has 1 aliphatic heterocycles. The number of rotatable bonds is 3. The minimum atomic E-state index is -0.738. The molecular weight excluding hydrogens is 254 g/mol. The number of nitrogens with one attached hydrogen (secondary N) is 1. The maximum atomic E-state index is 11.9. The number of ether oxygens (including phenoxy) is 1. The van der Waals surface area contributed by atoms with Gasteiger partial charge >= 0.3 is 5.97 Å². The van der Waals surface area contributed by atoms with Gasteiger partial charge in [-0.25, -0.2) is 0 Å². The van der Waals surface area contributed by atoms with E-state index in [2.05, 4.69) is 18.8 Å². The van der Waals surface area contributed by atoms with E-state index in [4.69, 9.17) is 4.74 Å². The maximum Gasteiger partial charge on any atom is 0.319 e. The summed E-state index contributed by atoms with van der Waals surface area (Å²) in [7, 11) is 1.30. The van der Waals surface area contributed by atoms with Crippen LogP contribution in [0.25, 0.3) is 6.08 Å². The second kappa shape index (κ2) is 5.74. The molecule has 1 aromatic carbocycles. The van der Waals surface area contributed by atoms with Crippen molar-refractivity contribution >= 4 is 18.0 Å². The van der Waals surface area contributed by atoms with Crippen molar-refractivity contribution in [3.63, 3.8) is 0 Å². The molecule has 1 aromatic rings. The topological polar surface area (TPSA) is 55.4 Å². The minimum absolute atomic E-state index is 0.301. The molecular formula is C16H17NO3. The molecule has 0 aromatic heterocycles. The highest BCUT2D eigenvalue weighted by molar-refractivity contribution is 6.08. The molecule has 1 amide bonds. The number of aryl methyl sites for hydroxylation is 1. The second-order valence-electron chi connectivity index (χ2n) is 4.63. The molecule has 1 N–H and O–H groups in total. The maximum absolute atomic E-state index is 11.9. The number of hydrogen-bond acceptors (Lipinski definition) is 3. The zero-order chi connectivity index (χ0) is 14.7. The van der Waals surface area contributed by atoms with Gasteiger partial charge in [0, 0.05) is 11.3 Å². The number of amides is 1. The van der Waals surface area contributed by atoms with Crippen molar-refractivity contribution < 1.29 is 14.3 Å². The van der Waals surface area contributed by atoms with Crippen LogP contribution in [-0.2, 0) is 20.7 Å². The number of hydrogen-bond donors (Lipinski definition) is 1. The Morgan fingerprint density at radius 2 is 2.05 bits per heavy atom. The Hall–Kier alpha value is -2.36. The highest BCUT2D eigenvalue weighted by Crippen LogP contribution is 2.28. The average Bonchev–Trinajstić information content (AvgIpc) is 2.73. The van der Waals surface area contributed by atoms with E-state index < -0.39 is 11.9 Å². The first kappa shape index (κ1) is 14.1. The van der Waals surface area contributed by atoms with Gasteiger partial charge < -0.3 is 10.1 Å². The van der Waals surface area contributed by atoms with Crippen LogP contribution < -0.4 is 5.32 Å². The standard InChI is InChI=1S/C16H17NO3/c1-4-11-5-7-12(8-6-11)9-13-14(16(19)20-3)10(2)17-15(13)18/h5-9,14H,2,4H2,1,3H3,(H,17,18)/b13-9+/t14-/m0/s1. The van der Waals surface area contributed by atoms with Crippen molar-refractivity contribution in [3.8, 4) is 0 Å². The molecule has 0 unspecified atom stereocenters. The normalized spacial score (nSPS) is 20.1. The molecule has 1 fully saturated rings. The van der Waals surface area contributed by atoms with E-state index in [0.29, 0.717) is 11.3 Å². The van der Waals surface area contributed by atoms with Crippen molar-refractivity contribution in [3.05, 3.63) is 53.2 Å². The van der Waals surface area contributed by atoms with Gasteiger partial charge in [-0.3, -0.25) is 9.59 Å². The van der Waals surface area contributed by atoms with E-state index in [-0.39, 0.29) is 5.91 Å². The summed E-state index contributed by atoms with van der Waals surface area (Å²) in [6, 6.07) is 7.85.